The fourth-order valence-electron chi connectivity index (χ4n) is 1.62. The van der Waals surface area contributed by atoms with Crippen molar-refractivity contribution in [1.82, 2.24) is 5.32 Å². The van der Waals surface area contributed by atoms with Gasteiger partial charge in [0, 0.05) is 18.8 Å². The van der Waals surface area contributed by atoms with Crippen LogP contribution in [0.5, 0.6) is 0 Å². The second kappa shape index (κ2) is 5.30. The van der Waals surface area contributed by atoms with E-state index in [-0.39, 0.29) is 16.3 Å². The van der Waals surface area contributed by atoms with Crippen molar-refractivity contribution in [2.45, 2.75) is 44.0 Å². The molecule has 1 rings (SSSR count). The van der Waals surface area contributed by atoms with E-state index in [0.717, 1.165) is 26.1 Å². The molecule has 15 heavy (non-hydrogen) atoms. The second-order valence-electron chi connectivity index (χ2n) is 4.81. The molecule has 0 bridgehead atoms. The molecule has 1 N–H and O–H groups in total. The lowest BCUT2D eigenvalue weighted by Crippen LogP contribution is -2.52. The van der Waals surface area contributed by atoms with E-state index in [1.54, 1.807) is 0 Å². The Labute approximate surface area is 100 Å². The van der Waals surface area contributed by atoms with Crippen LogP contribution < -0.4 is 5.32 Å². The Morgan fingerprint density at radius 1 is 1.40 bits per heavy atom. The number of carbonyl (C=O) groups is 1. The molecule has 0 aromatic carbocycles. The minimum absolute atomic E-state index is 0.0871. The van der Waals surface area contributed by atoms with Crippen molar-refractivity contribution in [3.63, 3.8) is 0 Å². The molecule has 1 atom stereocenters. The van der Waals surface area contributed by atoms with Crippen LogP contribution in [0.15, 0.2) is 0 Å². The van der Waals surface area contributed by atoms with E-state index in [1.165, 1.54) is 0 Å². The smallest absolute Gasteiger partial charge is 0.234 e. The van der Waals surface area contributed by atoms with Gasteiger partial charge in [0.1, 0.15) is 0 Å². The topological polar surface area (TPSA) is 38.3 Å². The maximum atomic E-state index is 11.9. The van der Waals surface area contributed by atoms with E-state index < -0.39 is 0 Å². The number of hydrogen-bond acceptors (Lipinski definition) is 2. The van der Waals surface area contributed by atoms with Crippen molar-refractivity contribution in [2.75, 3.05) is 13.2 Å². The van der Waals surface area contributed by atoms with Crippen LogP contribution in [0, 0.1) is 5.92 Å². The molecule has 0 aromatic heterocycles. The molecular formula is C11H20BrNO2. The van der Waals surface area contributed by atoms with Crippen molar-refractivity contribution in [2.24, 2.45) is 5.92 Å². The first-order chi connectivity index (χ1) is 6.94. The molecule has 1 saturated heterocycles. The molecule has 0 spiro atoms. The highest BCUT2D eigenvalue weighted by molar-refractivity contribution is 9.10. The zero-order chi connectivity index (χ0) is 11.5. The van der Waals surface area contributed by atoms with E-state index >= 15 is 0 Å². The lowest BCUT2D eigenvalue weighted by Gasteiger charge is -2.35. The van der Waals surface area contributed by atoms with Gasteiger partial charge in [0.05, 0.1) is 4.83 Å². The summed E-state index contributed by atoms with van der Waals surface area (Å²) in [5.74, 6) is 0.405. The van der Waals surface area contributed by atoms with Gasteiger partial charge in [-0.05, 0) is 25.7 Å². The minimum atomic E-state index is -0.0998. The molecule has 4 heteroatoms. The van der Waals surface area contributed by atoms with Crippen LogP contribution in [0.2, 0.25) is 0 Å². The van der Waals surface area contributed by atoms with Gasteiger partial charge in [0.25, 0.3) is 0 Å². The highest BCUT2D eigenvalue weighted by atomic mass is 79.9. The standard InChI is InChI=1S/C11H20BrNO2/c1-8(2)9(12)10(14)13-11(3)4-6-15-7-5-11/h8-9H,4-7H2,1-3H3,(H,13,14). The summed E-state index contributed by atoms with van der Waals surface area (Å²) >= 11 is 3.42. The van der Waals surface area contributed by atoms with Crippen molar-refractivity contribution in [1.29, 1.82) is 0 Å². The highest BCUT2D eigenvalue weighted by Crippen LogP contribution is 2.21. The number of halogens is 1. The Kier molecular flexibility index (Phi) is 4.59. The van der Waals surface area contributed by atoms with Gasteiger partial charge < -0.3 is 10.1 Å². The van der Waals surface area contributed by atoms with Crippen LogP contribution in [0.4, 0.5) is 0 Å². The van der Waals surface area contributed by atoms with Crippen LogP contribution >= 0.6 is 15.9 Å². The first-order valence-electron chi connectivity index (χ1n) is 5.48. The summed E-state index contributed by atoms with van der Waals surface area (Å²) in [6.45, 7) is 7.64. The Balaban J connectivity index is 2.49. The summed E-state index contributed by atoms with van der Waals surface area (Å²) in [6, 6.07) is 0. The molecule has 1 heterocycles. The van der Waals surface area contributed by atoms with E-state index in [1.807, 2.05) is 13.8 Å². The molecule has 0 aliphatic carbocycles. The Bertz CT molecular complexity index is 225. The third kappa shape index (κ3) is 3.76. The number of hydrogen-bond donors (Lipinski definition) is 1. The number of amides is 1. The van der Waals surface area contributed by atoms with E-state index in [0.29, 0.717) is 5.92 Å². The first-order valence-corrected chi connectivity index (χ1v) is 6.40. The van der Waals surface area contributed by atoms with Gasteiger partial charge in [-0.3, -0.25) is 4.79 Å². The van der Waals surface area contributed by atoms with Crippen molar-refractivity contribution in [3.8, 4) is 0 Å². The van der Waals surface area contributed by atoms with Gasteiger partial charge in [0.15, 0.2) is 0 Å². The van der Waals surface area contributed by atoms with Crippen LogP contribution in [0.1, 0.15) is 33.6 Å². The third-order valence-corrected chi connectivity index (χ3v) is 4.33. The molecule has 1 amide bonds. The van der Waals surface area contributed by atoms with Gasteiger partial charge in [-0.2, -0.15) is 0 Å². The molecule has 3 nitrogen and oxygen atoms in total. The Morgan fingerprint density at radius 3 is 2.40 bits per heavy atom. The monoisotopic (exact) mass is 277 g/mol. The zero-order valence-electron chi connectivity index (χ0n) is 9.68. The summed E-state index contributed by atoms with van der Waals surface area (Å²) in [5.41, 5.74) is -0.0871. The zero-order valence-corrected chi connectivity index (χ0v) is 11.3. The molecule has 0 radical (unpaired) electrons. The number of carbonyl (C=O) groups excluding carboxylic acids is 1. The minimum Gasteiger partial charge on any atom is -0.381 e. The molecule has 1 fully saturated rings. The molecule has 1 unspecified atom stereocenters. The maximum Gasteiger partial charge on any atom is 0.234 e. The summed E-state index contributed by atoms with van der Waals surface area (Å²) in [7, 11) is 0. The van der Waals surface area contributed by atoms with E-state index in [4.69, 9.17) is 4.74 Å². The average Bonchev–Trinajstić information content (AvgIpc) is 2.16. The molecule has 0 saturated carbocycles. The summed E-state index contributed by atoms with van der Waals surface area (Å²) in [5, 5.41) is 3.11. The lowest BCUT2D eigenvalue weighted by molar-refractivity contribution is -0.123. The van der Waals surface area contributed by atoms with E-state index in [9.17, 15) is 4.79 Å². The summed E-state index contributed by atoms with van der Waals surface area (Å²) in [4.78, 5) is 11.8. The third-order valence-electron chi connectivity index (χ3n) is 2.86. The summed E-state index contributed by atoms with van der Waals surface area (Å²) in [6.07, 6.45) is 1.80. The van der Waals surface area contributed by atoms with Gasteiger partial charge >= 0.3 is 0 Å². The fraction of sp³-hybridized carbons (Fsp3) is 0.909. The first kappa shape index (κ1) is 13.0. The molecule has 0 aromatic rings. The lowest BCUT2D eigenvalue weighted by atomic mass is 9.92. The average molecular weight is 278 g/mol. The molecule has 88 valence electrons. The second-order valence-corrected chi connectivity index (χ2v) is 5.79. The Morgan fingerprint density at radius 2 is 1.93 bits per heavy atom. The molecule has 1 aliphatic rings. The van der Waals surface area contributed by atoms with E-state index in [2.05, 4.69) is 28.2 Å². The van der Waals surface area contributed by atoms with Crippen molar-refractivity contribution in [3.05, 3.63) is 0 Å². The molecular weight excluding hydrogens is 258 g/mol. The quantitative estimate of drug-likeness (QED) is 0.803. The highest BCUT2D eigenvalue weighted by Gasteiger charge is 2.31. The number of nitrogens with one attached hydrogen (secondary N) is 1. The number of alkyl halides is 1. The Hall–Kier alpha value is -0.0900. The number of rotatable bonds is 3. The van der Waals surface area contributed by atoms with Crippen LogP contribution in [0.3, 0.4) is 0 Å². The van der Waals surface area contributed by atoms with Crippen LogP contribution in [-0.4, -0.2) is 29.5 Å². The van der Waals surface area contributed by atoms with Gasteiger partial charge in [-0.15, -0.1) is 0 Å². The largest absolute Gasteiger partial charge is 0.381 e. The normalized spacial score (nSPS) is 22.5. The van der Waals surface area contributed by atoms with Crippen molar-refractivity contribution < 1.29 is 9.53 Å². The predicted molar refractivity (Wildman–Crippen MR) is 64.2 cm³/mol. The van der Waals surface area contributed by atoms with Crippen molar-refractivity contribution >= 4 is 21.8 Å². The summed E-state index contributed by atoms with van der Waals surface area (Å²) < 4.78 is 5.29. The number of ether oxygens (including phenoxy) is 1. The van der Waals surface area contributed by atoms with Crippen LogP contribution in [-0.2, 0) is 9.53 Å². The molecule has 1 aliphatic heterocycles. The SMILES string of the molecule is CC(C)C(Br)C(=O)NC1(C)CCOCC1. The van der Waals surface area contributed by atoms with Gasteiger partial charge in [-0.1, -0.05) is 29.8 Å². The fourth-order valence-corrected chi connectivity index (χ4v) is 1.73. The van der Waals surface area contributed by atoms with Crippen LogP contribution in [0.25, 0.3) is 0 Å². The van der Waals surface area contributed by atoms with Gasteiger partial charge in [-0.25, -0.2) is 0 Å². The predicted octanol–water partition coefficient (Wildman–Crippen LogP) is 2.09. The maximum absolute atomic E-state index is 11.9. The van der Waals surface area contributed by atoms with Gasteiger partial charge in [0.2, 0.25) is 5.91 Å².